The van der Waals surface area contributed by atoms with Crippen molar-refractivity contribution in [3.05, 3.63) is 29.8 Å². The summed E-state index contributed by atoms with van der Waals surface area (Å²) in [4.78, 5) is 26.4. The lowest BCUT2D eigenvalue weighted by atomic mass is 10.0. The van der Waals surface area contributed by atoms with Gasteiger partial charge in [-0.3, -0.25) is 9.59 Å². The van der Waals surface area contributed by atoms with Crippen LogP contribution in [-0.2, 0) is 4.79 Å². The molecule has 2 rings (SSSR count). The van der Waals surface area contributed by atoms with Gasteiger partial charge in [0.1, 0.15) is 0 Å². The smallest absolute Gasteiger partial charge is 0.251 e. The van der Waals surface area contributed by atoms with Gasteiger partial charge in [0.2, 0.25) is 11.9 Å². The minimum absolute atomic E-state index is 0.192. The van der Waals surface area contributed by atoms with Crippen molar-refractivity contribution in [2.75, 3.05) is 0 Å². The predicted molar refractivity (Wildman–Crippen MR) is 62.0 cm³/mol. The van der Waals surface area contributed by atoms with Crippen LogP contribution in [0.25, 0.3) is 0 Å². The molecule has 1 saturated carbocycles. The van der Waals surface area contributed by atoms with Crippen LogP contribution >= 0.6 is 0 Å². The van der Waals surface area contributed by atoms with Crippen LogP contribution in [0.3, 0.4) is 0 Å². The number of nitrogens with two attached hydrogens (primary N) is 1. The van der Waals surface area contributed by atoms with Gasteiger partial charge in [0.25, 0.3) is 5.91 Å². The van der Waals surface area contributed by atoms with E-state index in [1.165, 1.54) is 12.3 Å². The molecule has 3 N–H and O–H groups in total. The van der Waals surface area contributed by atoms with Crippen LogP contribution in [0, 0.1) is 11.9 Å². The lowest BCUT2D eigenvalue weighted by Crippen LogP contribution is -2.42. The maximum atomic E-state index is 12.9. The summed E-state index contributed by atoms with van der Waals surface area (Å²) in [6, 6.07) is 2.22. The fraction of sp³-hybridized carbons (Fsp3) is 0.417. The number of nitrogens with zero attached hydrogens (tertiary/aromatic N) is 1. The minimum atomic E-state index is -0.708. The highest BCUT2D eigenvalue weighted by atomic mass is 19.1. The van der Waals surface area contributed by atoms with E-state index in [1.807, 2.05) is 0 Å². The molecule has 0 aliphatic heterocycles. The average molecular weight is 251 g/mol. The van der Waals surface area contributed by atoms with Crippen molar-refractivity contribution in [1.82, 2.24) is 10.3 Å². The number of carbonyl (C=O) groups is 2. The van der Waals surface area contributed by atoms with E-state index in [1.54, 1.807) is 0 Å². The molecule has 0 aromatic carbocycles. The molecule has 0 spiro atoms. The Bertz CT molecular complexity index is 478. The van der Waals surface area contributed by atoms with Gasteiger partial charge in [-0.1, -0.05) is 6.42 Å². The Kier molecular flexibility index (Phi) is 3.55. The van der Waals surface area contributed by atoms with Crippen LogP contribution < -0.4 is 11.1 Å². The van der Waals surface area contributed by atoms with E-state index in [4.69, 9.17) is 5.73 Å². The van der Waals surface area contributed by atoms with Gasteiger partial charge in [0.05, 0.1) is 5.92 Å². The first-order chi connectivity index (χ1) is 8.58. The Labute approximate surface area is 104 Å². The first-order valence-electron chi connectivity index (χ1n) is 5.79. The van der Waals surface area contributed by atoms with Crippen molar-refractivity contribution < 1.29 is 14.0 Å². The Morgan fingerprint density at radius 2 is 2.22 bits per heavy atom. The number of aromatic nitrogens is 1. The third-order valence-electron chi connectivity index (χ3n) is 3.19. The quantitative estimate of drug-likeness (QED) is 0.771. The summed E-state index contributed by atoms with van der Waals surface area (Å²) in [5.41, 5.74) is 5.46. The van der Waals surface area contributed by atoms with Crippen LogP contribution in [0.5, 0.6) is 0 Å². The second-order valence-electron chi connectivity index (χ2n) is 4.39. The van der Waals surface area contributed by atoms with Crippen LogP contribution in [0.4, 0.5) is 4.39 Å². The van der Waals surface area contributed by atoms with E-state index >= 15 is 0 Å². The molecule has 0 radical (unpaired) electrons. The summed E-state index contributed by atoms with van der Waals surface area (Å²) in [5, 5.41) is 2.72. The molecule has 0 unspecified atom stereocenters. The maximum absolute atomic E-state index is 12.9. The summed E-state index contributed by atoms with van der Waals surface area (Å²) >= 11 is 0. The molecule has 1 aromatic rings. The van der Waals surface area contributed by atoms with Gasteiger partial charge < -0.3 is 11.1 Å². The molecule has 2 atom stereocenters. The Balaban J connectivity index is 2.05. The van der Waals surface area contributed by atoms with Crippen molar-refractivity contribution in [3.8, 4) is 0 Å². The summed E-state index contributed by atoms with van der Waals surface area (Å²) in [6.45, 7) is 0. The zero-order valence-electron chi connectivity index (χ0n) is 9.73. The molecule has 1 aliphatic rings. The third kappa shape index (κ3) is 2.64. The van der Waals surface area contributed by atoms with Crippen LogP contribution in [-0.4, -0.2) is 22.8 Å². The topological polar surface area (TPSA) is 85.1 Å². The lowest BCUT2D eigenvalue weighted by molar-refractivity contribution is -0.122. The summed E-state index contributed by atoms with van der Waals surface area (Å²) < 4.78 is 12.9. The van der Waals surface area contributed by atoms with E-state index in [0.29, 0.717) is 12.8 Å². The SMILES string of the molecule is NC(=O)[C@@H]1CCC[C@@H]1NC(=O)c1ccnc(F)c1. The van der Waals surface area contributed by atoms with Gasteiger partial charge in [0, 0.05) is 23.9 Å². The fourth-order valence-corrected chi connectivity index (χ4v) is 2.27. The van der Waals surface area contributed by atoms with Crippen LogP contribution in [0.2, 0.25) is 0 Å². The van der Waals surface area contributed by atoms with E-state index in [2.05, 4.69) is 10.3 Å². The molecule has 2 amide bonds. The Morgan fingerprint density at radius 1 is 1.44 bits per heavy atom. The summed E-state index contributed by atoms with van der Waals surface area (Å²) in [5.74, 6) is -1.85. The molecule has 18 heavy (non-hydrogen) atoms. The van der Waals surface area contributed by atoms with Gasteiger partial charge in [-0.2, -0.15) is 4.39 Å². The molecule has 0 saturated heterocycles. The van der Waals surface area contributed by atoms with E-state index in [9.17, 15) is 14.0 Å². The van der Waals surface area contributed by atoms with Crippen molar-refractivity contribution in [3.63, 3.8) is 0 Å². The number of hydrogen-bond donors (Lipinski definition) is 2. The number of hydrogen-bond acceptors (Lipinski definition) is 3. The van der Waals surface area contributed by atoms with Gasteiger partial charge >= 0.3 is 0 Å². The highest BCUT2D eigenvalue weighted by Crippen LogP contribution is 2.25. The molecular weight excluding hydrogens is 237 g/mol. The molecule has 1 aromatic heterocycles. The first-order valence-corrected chi connectivity index (χ1v) is 5.79. The fourth-order valence-electron chi connectivity index (χ4n) is 2.27. The number of carbonyl (C=O) groups excluding carboxylic acids is 2. The molecule has 1 heterocycles. The van der Waals surface area contributed by atoms with Crippen LogP contribution in [0.15, 0.2) is 18.3 Å². The average Bonchev–Trinajstić information content (AvgIpc) is 2.77. The zero-order valence-corrected chi connectivity index (χ0v) is 9.73. The standard InChI is InChI=1S/C12H14FN3O2/c13-10-6-7(4-5-15-10)12(18)16-9-3-1-2-8(9)11(14)17/h4-6,8-9H,1-3H2,(H2,14,17)(H,16,18)/t8-,9+/m1/s1. The van der Waals surface area contributed by atoms with Crippen molar-refractivity contribution in [2.45, 2.75) is 25.3 Å². The molecular formula is C12H14FN3O2. The largest absolute Gasteiger partial charge is 0.369 e. The number of pyridine rings is 1. The molecule has 0 bridgehead atoms. The number of amides is 2. The lowest BCUT2D eigenvalue weighted by Gasteiger charge is -2.18. The molecule has 1 aliphatic carbocycles. The van der Waals surface area contributed by atoms with Crippen molar-refractivity contribution >= 4 is 11.8 Å². The Morgan fingerprint density at radius 3 is 2.89 bits per heavy atom. The van der Waals surface area contributed by atoms with E-state index in [-0.39, 0.29) is 17.5 Å². The number of primary amides is 1. The third-order valence-corrected chi connectivity index (χ3v) is 3.19. The Hall–Kier alpha value is -1.98. The summed E-state index contributed by atoms with van der Waals surface area (Å²) in [6.07, 6.45) is 3.48. The highest BCUT2D eigenvalue weighted by molar-refractivity contribution is 5.94. The van der Waals surface area contributed by atoms with E-state index in [0.717, 1.165) is 12.5 Å². The monoisotopic (exact) mass is 251 g/mol. The number of nitrogens with one attached hydrogen (secondary N) is 1. The number of halogens is 1. The van der Waals surface area contributed by atoms with Crippen molar-refractivity contribution in [1.29, 1.82) is 0 Å². The van der Waals surface area contributed by atoms with E-state index < -0.39 is 17.8 Å². The summed E-state index contributed by atoms with van der Waals surface area (Å²) in [7, 11) is 0. The van der Waals surface area contributed by atoms with Gasteiger partial charge in [0.15, 0.2) is 0 Å². The normalized spacial score (nSPS) is 22.7. The van der Waals surface area contributed by atoms with Gasteiger partial charge in [-0.05, 0) is 18.9 Å². The molecule has 5 nitrogen and oxygen atoms in total. The molecule has 96 valence electrons. The maximum Gasteiger partial charge on any atom is 0.251 e. The van der Waals surface area contributed by atoms with Gasteiger partial charge in [-0.15, -0.1) is 0 Å². The molecule has 1 fully saturated rings. The van der Waals surface area contributed by atoms with Gasteiger partial charge in [-0.25, -0.2) is 4.98 Å². The first kappa shape index (κ1) is 12.5. The highest BCUT2D eigenvalue weighted by Gasteiger charge is 2.32. The van der Waals surface area contributed by atoms with Crippen LogP contribution in [0.1, 0.15) is 29.6 Å². The second-order valence-corrected chi connectivity index (χ2v) is 4.39. The number of rotatable bonds is 3. The minimum Gasteiger partial charge on any atom is -0.369 e. The predicted octanol–water partition coefficient (Wildman–Crippen LogP) is 0.604. The van der Waals surface area contributed by atoms with Crippen molar-refractivity contribution in [2.24, 2.45) is 11.7 Å². The zero-order chi connectivity index (χ0) is 13.1. The second kappa shape index (κ2) is 5.12. The molecule has 6 heteroatoms.